The van der Waals surface area contributed by atoms with E-state index in [-0.39, 0.29) is 0 Å². The molecule has 0 radical (unpaired) electrons. The van der Waals surface area contributed by atoms with Gasteiger partial charge in [-0.2, -0.15) is 0 Å². The van der Waals surface area contributed by atoms with Gasteiger partial charge < -0.3 is 10.6 Å². The van der Waals surface area contributed by atoms with E-state index in [1.54, 1.807) is 0 Å². The van der Waals surface area contributed by atoms with Crippen molar-refractivity contribution in [3.05, 3.63) is 23.4 Å². The number of hydrogen-bond donors (Lipinski definition) is 1. The van der Waals surface area contributed by atoms with Crippen molar-refractivity contribution < 1.29 is 0 Å². The summed E-state index contributed by atoms with van der Waals surface area (Å²) in [6.45, 7) is 9.40. The quantitative estimate of drug-likeness (QED) is 0.828. The standard InChI is InChI=1S/C13H21N3/c1-10-4-5-11(8-14)12(15-10)16-7-6-13(2,3)9-16/h4-5H,6-9,14H2,1-3H3. The second kappa shape index (κ2) is 4.06. The van der Waals surface area contributed by atoms with Crippen LogP contribution < -0.4 is 10.6 Å². The van der Waals surface area contributed by atoms with Crippen molar-refractivity contribution in [2.24, 2.45) is 11.1 Å². The largest absolute Gasteiger partial charge is 0.356 e. The fourth-order valence-electron chi connectivity index (χ4n) is 2.30. The van der Waals surface area contributed by atoms with Crippen molar-refractivity contribution in [1.29, 1.82) is 0 Å². The van der Waals surface area contributed by atoms with Crippen LogP contribution in [-0.4, -0.2) is 18.1 Å². The van der Waals surface area contributed by atoms with Gasteiger partial charge in [-0.1, -0.05) is 19.9 Å². The number of rotatable bonds is 2. The Kier molecular flexibility index (Phi) is 2.89. The second-order valence-corrected chi connectivity index (χ2v) is 5.48. The molecule has 1 aliphatic rings. The van der Waals surface area contributed by atoms with Crippen molar-refractivity contribution >= 4 is 5.82 Å². The number of nitrogens with zero attached hydrogens (tertiary/aromatic N) is 2. The molecule has 1 aliphatic heterocycles. The first-order valence-corrected chi connectivity index (χ1v) is 5.93. The molecule has 0 atom stereocenters. The first-order chi connectivity index (χ1) is 7.52. The molecule has 2 rings (SSSR count). The minimum absolute atomic E-state index is 0.400. The highest BCUT2D eigenvalue weighted by molar-refractivity contribution is 5.49. The molecule has 2 heterocycles. The van der Waals surface area contributed by atoms with Crippen molar-refractivity contribution in [2.75, 3.05) is 18.0 Å². The van der Waals surface area contributed by atoms with Crippen LogP contribution >= 0.6 is 0 Å². The lowest BCUT2D eigenvalue weighted by Crippen LogP contribution is -2.25. The lowest BCUT2D eigenvalue weighted by Gasteiger charge is -2.23. The smallest absolute Gasteiger partial charge is 0.133 e. The third kappa shape index (κ3) is 2.19. The van der Waals surface area contributed by atoms with E-state index < -0.39 is 0 Å². The van der Waals surface area contributed by atoms with E-state index in [4.69, 9.17) is 5.73 Å². The van der Waals surface area contributed by atoms with Crippen LogP contribution in [0, 0.1) is 12.3 Å². The zero-order valence-corrected chi connectivity index (χ0v) is 10.5. The lowest BCUT2D eigenvalue weighted by atomic mass is 9.93. The van der Waals surface area contributed by atoms with Crippen LogP contribution in [0.3, 0.4) is 0 Å². The predicted molar refractivity (Wildman–Crippen MR) is 67.5 cm³/mol. The van der Waals surface area contributed by atoms with Crippen LogP contribution in [-0.2, 0) is 6.54 Å². The summed E-state index contributed by atoms with van der Waals surface area (Å²) in [5.41, 5.74) is 8.39. The highest BCUT2D eigenvalue weighted by Gasteiger charge is 2.30. The van der Waals surface area contributed by atoms with Gasteiger partial charge in [0.1, 0.15) is 5.82 Å². The van der Waals surface area contributed by atoms with Crippen molar-refractivity contribution in [2.45, 2.75) is 33.7 Å². The fraction of sp³-hybridized carbons (Fsp3) is 0.615. The maximum atomic E-state index is 5.77. The summed E-state index contributed by atoms with van der Waals surface area (Å²) in [5.74, 6) is 1.09. The van der Waals surface area contributed by atoms with Crippen LogP contribution in [0.4, 0.5) is 5.82 Å². The van der Waals surface area contributed by atoms with Gasteiger partial charge in [-0.25, -0.2) is 4.98 Å². The summed E-state index contributed by atoms with van der Waals surface area (Å²) >= 11 is 0. The third-order valence-corrected chi connectivity index (χ3v) is 3.29. The van der Waals surface area contributed by atoms with Crippen LogP contribution in [0.25, 0.3) is 0 Å². The number of hydrogen-bond acceptors (Lipinski definition) is 3. The molecule has 0 aromatic carbocycles. The molecule has 0 saturated carbocycles. The van der Waals surface area contributed by atoms with Gasteiger partial charge in [0.05, 0.1) is 0 Å². The van der Waals surface area contributed by atoms with E-state index in [0.29, 0.717) is 12.0 Å². The van der Waals surface area contributed by atoms with Gasteiger partial charge in [0.25, 0.3) is 0 Å². The molecule has 3 heteroatoms. The molecule has 0 bridgehead atoms. The molecule has 0 spiro atoms. The highest BCUT2D eigenvalue weighted by atomic mass is 15.2. The van der Waals surface area contributed by atoms with Gasteiger partial charge >= 0.3 is 0 Å². The number of aromatic nitrogens is 1. The van der Waals surface area contributed by atoms with Gasteiger partial charge in [-0.05, 0) is 24.8 Å². The van der Waals surface area contributed by atoms with Crippen LogP contribution in [0.2, 0.25) is 0 Å². The number of pyridine rings is 1. The molecule has 0 amide bonds. The summed E-state index contributed by atoms with van der Waals surface area (Å²) < 4.78 is 0. The molecule has 1 fully saturated rings. The Morgan fingerprint density at radius 3 is 2.75 bits per heavy atom. The average molecular weight is 219 g/mol. The Morgan fingerprint density at radius 2 is 2.19 bits per heavy atom. The van der Waals surface area contributed by atoms with E-state index in [1.807, 2.05) is 13.0 Å². The number of anilines is 1. The molecule has 1 aromatic heterocycles. The zero-order valence-electron chi connectivity index (χ0n) is 10.5. The Bertz CT molecular complexity index is 385. The van der Waals surface area contributed by atoms with Crippen LogP contribution in [0.5, 0.6) is 0 Å². The first kappa shape index (κ1) is 11.4. The third-order valence-electron chi connectivity index (χ3n) is 3.29. The van der Waals surface area contributed by atoms with Crippen LogP contribution in [0.1, 0.15) is 31.5 Å². The lowest BCUT2D eigenvalue weighted by molar-refractivity contribution is 0.418. The minimum atomic E-state index is 0.400. The molecule has 0 unspecified atom stereocenters. The molecule has 1 saturated heterocycles. The average Bonchev–Trinajstić information content (AvgIpc) is 2.59. The minimum Gasteiger partial charge on any atom is -0.356 e. The molecular weight excluding hydrogens is 198 g/mol. The number of aryl methyl sites for hydroxylation is 1. The van der Waals surface area contributed by atoms with E-state index in [0.717, 1.165) is 30.2 Å². The molecule has 0 aliphatic carbocycles. The topological polar surface area (TPSA) is 42.1 Å². The summed E-state index contributed by atoms with van der Waals surface area (Å²) in [4.78, 5) is 7.01. The Hall–Kier alpha value is -1.09. The molecule has 3 nitrogen and oxygen atoms in total. The Balaban J connectivity index is 2.30. The Morgan fingerprint density at radius 1 is 1.44 bits per heavy atom. The monoisotopic (exact) mass is 219 g/mol. The molecule has 88 valence electrons. The van der Waals surface area contributed by atoms with Crippen molar-refractivity contribution in [3.8, 4) is 0 Å². The SMILES string of the molecule is Cc1ccc(CN)c(N2CCC(C)(C)C2)n1. The summed E-state index contributed by atoms with van der Waals surface area (Å²) in [6.07, 6.45) is 1.23. The summed E-state index contributed by atoms with van der Waals surface area (Å²) in [6, 6.07) is 4.13. The normalized spacial score (nSPS) is 19.1. The molecule has 2 N–H and O–H groups in total. The summed E-state index contributed by atoms with van der Waals surface area (Å²) in [7, 11) is 0. The Labute approximate surface area is 97.7 Å². The maximum Gasteiger partial charge on any atom is 0.133 e. The molecule has 1 aromatic rings. The molecule has 16 heavy (non-hydrogen) atoms. The highest BCUT2D eigenvalue weighted by Crippen LogP contribution is 2.33. The van der Waals surface area contributed by atoms with Gasteiger partial charge in [0, 0.05) is 30.9 Å². The van der Waals surface area contributed by atoms with Gasteiger partial charge in [0.2, 0.25) is 0 Å². The van der Waals surface area contributed by atoms with Gasteiger partial charge in [-0.15, -0.1) is 0 Å². The zero-order chi connectivity index (χ0) is 11.8. The van der Waals surface area contributed by atoms with Crippen molar-refractivity contribution in [3.63, 3.8) is 0 Å². The maximum absolute atomic E-state index is 5.77. The second-order valence-electron chi connectivity index (χ2n) is 5.48. The first-order valence-electron chi connectivity index (χ1n) is 5.93. The van der Waals surface area contributed by atoms with E-state index in [1.165, 1.54) is 6.42 Å². The summed E-state index contributed by atoms with van der Waals surface area (Å²) in [5, 5.41) is 0. The predicted octanol–water partition coefficient (Wildman–Crippen LogP) is 2.09. The van der Waals surface area contributed by atoms with Crippen LogP contribution in [0.15, 0.2) is 12.1 Å². The molecular formula is C13H21N3. The van der Waals surface area contributed by atoms with Gasteiger partial charge in [0.15, 0.2) is 0 Å². The van der Waals surface area contributed by atoms with Crippen molar-refractivity contribution in [1.82, 2.24) is 4.98 Å². The fourth-order valence-corrected chi connectivity index (χ4v) is 2.30. The van der Waals surface area contributed by atoms with E-state index in [9.17, 15) is 0 Å². The van der Waals surface area contributed by atoms with Gasteiger partial charge in [-0.3, -0.25) is 0 Å². The van der Waals surface area contributed by atoms with E-state index in [2.05, 4.69) is 29.8 Å². The van der Waals surface area contributed by atoms with E-state index >= 15 is 0 Å². The number of nitrogens with two attached hydrogens (primary N) is 1.